The first-order valence-electron chi connectivity index (χ1n) is 9.04. The topological polar surface area (TPSA) is 55.8 Å². The number of aliphatic hydroxyl groups is 1. The summed E-state index contributed by atoms with van der Waals surface area (Å²) < 4.78 is 11.6. The molecule has 2 rings (SSSR count). The lowest BCUT2D eigenvalue weighted by Gasteiger charge is -2.48. The van der Waals surface area contributed by atoms with E-state index in [0.717, 1.165) is 19.3 Å². The van der Waals surface area contributed by atoms with Crippen LogP contribution in [-0.4, -0.2) is 38.2 Å². The molecule has 138 valence electrons. The molecule has 0 bridgehead atoms. The van der Waals surface area contributed by atoms with E-state index >= 15 is 0 Å². The molecule has 0 aromatic rings. The lowest BCUT2D eigenvalue weighted by molar-refractivity contribution is -0.145. The van der Waals surface area contributed by atoms with Gasteiger partial charge in [-0.05, 0) is 50.7 Å². The van der Waals surface area contributed by atoms with Crippen LogP contribution in [0.25, 0.3) is 0 Å². The zero-order valence-corrected chi connectivity index (χ0v) is 17.3. The molecule has 0 unspecified atom stereocenters. The van der Waals surface area contributed by atoms with Gasteiger partial charge in [0.05, 0.1) is 24.7 Å². The van der Waals surface area contributed by atoms with Crippen molar-refractivity contribution in [1.29, 1.82) is 0 Å². The van der Waals surface area contributed by atoms with E-state index in [9.17, 15) is 9.90 Å². The Morgan fingerprint density at radius 1 is 1.25 bits per heavy atom. The number of carbonyl (C=O) groups excluding carboxylic acids is 1. The summed E-state index contributed by atoms with van der Waals surface area (Å²) in [5, 5.41) is 11.2. The van der Waals surface area contributed by atoms with Crippen molar-refractivity contribution in [1.82, 2.24) is 0 Å². The fourth-order valence-corrected chi connectivity index (χ4v) is 5.27. The normalized spacial score (nSPS) is 37.0. The number of hydrogen-bond donors (Lipinski definition) is 1. The third-order valence-corrected chi connectivity index (χ3v) is 11.2. The van der Waals surface area contributed by atoms with Crippen LogP contribution in [0.4, 0.5) is 0 Å². The highest BCUT2D eigenvalue weighted by atomic mass is 28.4. The van der Waals surface area contributed by atoms with Gasteiger partial charge in [-0.3, -0.25) is 4.79 Å². The van der Waals surface area contributed by atoms with Crippen LogP contribution in [0.2, 0.25) is 18.1 Å². The molecule has 5 heteroatoms. The number of rotatable bonds is 3. The largest absolute Gasteiger partial charge is 0.469 e. The van der Waals surface area contributed by atoms with Gasteiger partial charge in [-0.15, -0.1) is 0 Å². The third kappa shape index (κ3) is 3.23. The second kappa shape index (κ2) is 6.26. The zero-order valence-electron chi connectivity index (χ0n) is 16.3. The van der Waals surface area contributed by atoms with Crippen LogP contribution in [0, 0.1) is 11.3 Å². The highest BCUT2D eigenvalue weighted by Crippen LogP contribution is 2.56. The van der Waals surface area contributed by atoms with Crippen molar-refractivity contribution >= 4 is 14.3 Å². The third-order valence-electron chi connectivity index (χ3n) is 6.71. The Morgan fingerprint density at radius 3 is 2.33 bits per heavy atom. The SMILES string of the molecule is COC(=O)[C@H]1C=C[C@]2(CC1)[C@H](O[Si](C)(C)C(C)(C)C)CC[C@@]2(C)O. The van der Waals surface area contributed by atoms with Gasteiger partial charge >= 0.3 is 5.97 Å². The molecule has 0 amide bonds. The Hall–Kier alpha value is -0.653. The Morgan fingerprint density at radius 2 is 1.88 bits per heavy atom. The molecular weight excluding hydrogens is 320 g/mol. The van der Waals surface area contributed by atoms with Crippen molar-refractivity contribution in [2.24, 2.45) is 11.3 Å². The highest BCUT2D eigenvalue weighted by Gasteiger charge is 2.58. The first kappa shape index (κ1) is 19.7. The quantitative estimate of drug-likeness (QED) is 0.472. The standard InChI is InChI=1S/C19H34O4Si/c1-17(2,3)24(6,7)23-15-10-11-18(4,21)19(15)12-8-14(9-13-19)16(20)22-5/h8,12,14-15,21H,9-11,13H2,1-7H3/t14-,15+,18+,19-/m0/s1. The maximum atomic E-state index is 11.8. The van der Waals surface area contributed by atoms with Gasteiger partial charge in [-0.2, -0.15) is 0 Å². The van der Waals surface area contributed by atoms with E-state index in [1.807, 2.05) is 13.0 Å². The van der Waals surface area contributed by atoms with Gasteiger partial charge in [0.15, 0.2) is 8.32 Å². The van der Waals surface area contributed by atoms with Crippen molar-refractivity contribution in [2.75, 3.05) is 7.11 Å². The Labute approximate surface area is 147 Å². The van der Waals surface area contributed by atoms with Crippen LogP contribution in [0.15, 0.2) is 12.2 Å². The van der Waals surface area contributed by atoms with Crippen molar-refractivity contribution in [2.45, 2.75) is 83.2 Å². The molecule has 4 atom stereocenters. The van der Waals surface area contributed by atoms with Gasteiger partial charge in [0, 0.05) is 5.41 Å². The molecule has 2 aliphatic carbocycles. The molecule has 1 spiro atoms. The summed E-state index contributed by atoms with van der Waals surface area (Å²) in [5.74, 6) is -0.397. The van der Waals surface area contributed by atoms with Gasteiger partial charge in [0.25, 0.3) is 0 Å². The number of esters is 1. The zero-order chi connectivity index (χ0) is 18.4. The molecular formula is C19H34O4Si. The molecule has 0 radical (unpaired) electrons. The maximum absolute atomic E-state index is 11.8. The average Bonchev–Trinajstić information content (AvgIpc) is 2.70. The molecule has 0 heterocycles. The van der Waals surface area contributed by atoms with Crippen molar-refractivity contribution in [3.8, 4) is 0 Å². The van der Waals surface area contributed by atoms with Gasteiger partial charge in [0.1, 0.15) is 0 Å². The molecule has 1 fully saturated rings. The van der Waals surface area contributed by atoms with Crippen LogP contribution in [0.1, 0.15) is 53.4 Å². The van der Waals surface area contributed by atoms with Crippen LogP contribution < -0.4 is 0 Å². The molecule has 4 nitrogen and oxygen atoms in total. The minimum absolute atomic E-state index is 0.0169. The smallest absolute Gasteiger partial charge is 0.312 e. The number of ether oxygens (including phenoxy) is 1. The minimum atomic E-state index is -1.92. The fourth-order valence-electron chi connectivity index (χ4n) is 3.87. The second-order valence-corrected chi connectivity index (χ2v) is 14.0. The second-order valence-electron chi connectivity index (χ2n) is 9.25. The van der Waals surface area contributed by atoms with Crippen molar-refractivity contribution in [3.63, 3.8) is 0 Å². The summed E-state index contributed by atoms with van der Waals surface area (Å²) >= 11 is 0. The van der Waals surface area contributed by atoms with Crippen LogP contribution >= 0.6 is 0 Å². The van der Waals surface area contributed by atoms with Crippen LogP contribution in [-0.2, 0) is 14.0 Å². The van der Waals surface area contributed by atoms with E-state index in [2.05, 4.69) is 39.9 Å². The maximum Gasteiger partial charge on any atom is 0.312 e. The predicted molar refractivity (Wildman–Crippen MR) is 98.2 cm³/mol. The molecule has 0 saturated heterocycles. The molecule has 0 aromatic carbocycles. The van der Waals surface area contributed by atoms with E-state index < -0.39 is 19.3 Å². The number of hydrogen-bond acceptors (Lipinski definition) is 4. The molecule has 0 aliphatic heterocycles. The Kier molecular flexibility index (Phi) is 5.13. The van der Waals surface area contributed by atoms with Gasteiger partial charge in [-0.25, -0.2) is 0 Å². The number of carbonyl (C=O) groups is 1. The summed E-state index contributed by atoms with van der Waals surface area (Å²) in [6.45, 7) is 13.2. The van der Waals surface area contributed by atoms with E-state index in [4.69, 9.17) is 9.16 Å². The fraction of sp³-hybridized carbons (Fsp3) is 0.842. The Balaban J connectivity index is 2.30. The lowest BCUT2D eigenvalue weighted by atomic mass is 9.66. The van der Waals surface area contributed by atoms with E-state index in [0.29, 0.717) is 6.42 Å². The summed E-state index contributed by atoms with van der Waals surface area (Å²) in [5.41, 5.74) is -1.19. The van der Waals surface area contributed by atoms with Crippen LogP contribution in [0.5, 0.6) is 0 Å². The first-order valence-corrected chi connectivity index (χ1v) is 11.9. The first-order chi connectivity index (χ1) is 10.9. The molecule has 1 saturated carbocycles. The van der Waals surface area contributed by atoms with Crippen molar-refractivity contribution < 1.29 is 19.1 Å². The van der Waals surface area contributed by atoms with Gasteiger partial charge in [-0.1, -0.05) is 32.9 Å². The van der Waals surface area contributed by atoms with E-state index in [-0.39, 0.29) is 23.0 Å². The summed E-state index contributed by atoms with van der Waals surface area (Å²) in [7, 11) is -0.499. The highest BCUT2D eigenvalue weighted by molar-refractivity contribution is 6.74. The molecule has 0 aromatic heterocycles. The van der Waals surface area contributed by atoms with E-state index in [1.165, 1.54) is 7.11 Å². The summed E-state index contributed by atoms with van der Waals surface area (Å²) in [6.07, 6.45) is 7.07. The molecule has 24 heavy (non-hydrogen) atoms. The Bertz CT molecular complexity index is 518. The molecule has 2 aliphatic rings. The number of methoxy groups -OCH3 is 1. The molecule has 1 N–H and O–H groups in total. The van der Waals surface area contributed by atoms with Gasteiger partial charge < -0.3 is 14.3 Å². The van der Waals surface area contributed by atoms with Crippen molar-refractivity contribution in [3.05, 3.63) is 12.2 Å². The minimum Gasteiger partial charge on any atom is -0.469 e. The van der Waals surface area contributed by atoms with E-state index in [1.54, 1.807) is 0 Å². The summed E-state index contributed by atoms with van der Waals surface area (Å²) in [6, 6.07) is 0. The van der Waals surface area contributed by atoms with Crippen LogP contribution in [0.3, 0.4) is 0 Å². The monoisotopic (exact) mass is 354 g/mol. The van der Waals surface area contributed by atoms with Gasteiger partial charge in [0.2, 0.25) is 0 Å². The average molecular weight is 355 g/mol. The lowest BCUT2D eigenvalue weighted by Crippen LogP contribution is -2.53. The predicted octanol–water partition coefficient (Wildman–Crippen LogP) is 4.05. The summed E-state index contributed by atoms with van der Waals surface area (Å²) in [4.78, 5) is 11.8.